The number of hydrogen-bond donors (Lipinski definition) is 1. The molecule has 3 saturated heterocycles. The van der Waals surface area contributed by atoms with Crippen LogP contribution >= 0.6 is 0 Å². The molecule has 0 radical (unpaired) electrons. The number of nitrogens with zero attached hydrogens (tertiary/aromatic N) is 3. The van der Waals surface area contributed by atoms with E-state index in [1.807, 2.05) is 18.2 Å². The van der Waals surface area contributed by atoms with E-state index in [1.165, 1.54) is 13.0 Å². The maximum absolute atomic E-state index is 13.2. The molecule has 6 nitrogen and oxygen atoms in total. The van der Waals surface area contributed by atoms with Gasteiger partial charge < -0.3 is 9.64 Å². The molecule has 6 heteroatoms. The van der Waals surface area contributed by atoms with Crippen molar-refractivity contribution in [3.8, 4) is 5.75 Å². The molecule has 4 atom stereocenters. The molecule has 1 aromatic carbocycles. The number of hydrogen-bond acceptors (Lipinski definition) is 4. The third kappa shape index (κ3) is 1.84. The van der Waals surface area contributed by atoms with E-state index in [-0.39, 0.29) is 5.91 Å². The van der Waals surface area contributed by atoms with E-state index in [2.05, 4.69) is 20.0 Å². The number of rotatable bonds is 2. The molecule has 3 bridgehead atoms. The number of piperazine rings is 1. The average molecular weight is 312 g/mol. The smallest absolute Gasteiger partial charge is 0.275 e. The van der Waals surface area contributed by atoms with Gasteiger partial charge in [-0.3, -0.25) is 14.8 Å². The molecule has 0 spiro atoms. The minimum absolute atomic E-state index is 0.0838. The zero-order chi connectivity index (χ0) is 15.6. The SMILES string of the molecule is COc1ccc2c(C(=O)N3C4CC5CCN(C4)CC53)n[nH]c2c1. The van der Waals surface area contributed by atoms with Crippen molar-refractivity contribution in [2.45, 2.75) is 24.9 Å². The molecule has 3 aliphatic heterocycles. The Hall–Kier alpha value is -2.08. The maximum atomic E-state index is 13.2. The standard InChI is InChI=1S/C17H20N4O2/c1-23-12-2-3-13-14(7-12)18-19-16(13)17(22)21-11-6-10-4-5-20(8-11)9-15(10)21/h2-3,7,10-11,15H,4-6,8-9H2,1H3,(H,18,19). The fraction of sp³-hybridized carbons (Fsp3) is 0.529. The zero-order valence-corrected chi connectivity index (χ0v) is 13.2. The number of aromatic nitrogens is 2. The molecule has 3 aliphatic rings. The van der Waals surface area contributed by atoms with E-state index in [9.17, 15) is 4.79 Å². The van der Waals surface area contributed by atoms with Gasteiger partial charge in [0.05, 0.1) is 12.6 Å². The highest BCUT2D eigenvalue weighted by Crippen LogP contribution is 2.41. The lowest BCUT2D eigenvalue weighted by Gasteiger charge is -2.44. The predicted octanol–water partition coefficient (Wildman–Crippen LogP) is 1.49. The van der Waals surface area contributed by atoms with Crippen LogP contribution in [0.2, 0.25) is 0 Å². The van der Waals surface area contributed by atoms with Gasteiger partial charge in [-0.1, -0.05) is 0 Å². The van der Waals surface area contributed by atoms with Crippen molar-refractivity contribution in [2.75, 3.05) is 26.7 Å². The van der Waals surface area contributed by atoms with E-state index >= 15 is 0 Å². The summed E-state index contributed by atoms with van der Waals surface area (Å²) in [4.78, 5) is 17.8. The highest BCUT2D eigenvalue weighted by atomic mass is 16.5. The van der Waals surface area contributed by atoms with E-state index in [0.717, 1.165) is 36.2 Å². The van der Waals surface area contributed by atoms with Gasteiger partial charge in [0, 0.05) is 36.6 Å². The summed E-state index contributed by atoms with van der Waals surface area (Å²) in [5.41, 5.74) is 1.40. The Morgan fingerprint density at radius 3 is 3.17 bits per heavy atom. The summed E-state index contributed by atoms with van der Waals surface area (Å²) in [6.45, 7) is 3.25. The molecular weight excluding hydrogens is 292 g/mol. The lowest BCUT2D eigenvalue weighted by Crippen LogP contribution is -2.58. The summed E-state index contributed by atoms with van der Waals surface area (Å²) in [6.07, 6.45) is 2.38. The quantitative estimate of drug-likeness (QED) is 0.913. The number of carbonyl (C=O) groups excluding carboxylic acids is 1. The monoisotopic (exact) mass is 312 g/mol. The molecule has 3 fully saturated rings. The Kier molecular flexibility index (Phi) is 2.74. The van der Waals surface area contributed by atoms with Crippen LogP contribution in [-0.2, 0) is 0 Å². The predicted molar refractivity (Wildman–Crippen MR) is 85.6 cm³/mol. The molecular formula is C17H20N4O2. The van der Waals surface area contributed by atoms with Crippen LogP contribution < -0.4 is 4.74 Å². The summed E-state index contributed by atoms with van der Waals surface area (Å²) in [5, 5.41) is 8.18. The molecule has 23 heavy (non-hydrogen) atoms. The normalized spacial score (nSPS) is 31.8. The summed E-state index contributed by atoms with van der Waals surface area (Å²) < 4.78 is 5.24. The highest BCUT2D eigenvalue weighted by molar-refractivity contribution is 6.05. The number of fused-ring (bicyclic) bond motifs is 3. The second kappa shape index (κ2) is 4.71. The van der Waals surface area contributed by atoms with Crippen molar-refractivity contribution in [1.82, 2.24) is 20.0 Å². The van der Waals surface area contributed by atoms with Crippen molar-refractivity contribution < 1.29 is 9.53 Å². The van der Waals surface area contributed by atoms with Gasteiger partial charge in [-0.2, -0.15) is 5.10 Å². The second-order valence-corrected chi connectivity index (χ2v) is 6.96. The van der Waals surface area contributed by atoms with Gasteiger partial charge in [0.25, 0.3) is 5.91 Å². The van der Waals surface area contributed by atoms with Gasteiger partial charge in [0.2, 0.25) is 0 Å². The van der Waals surface area contributed by atoms with E-state index < -0.39 is 0 Å². The Bertz CT molecular complexity index is 782. The number of amides is 1. The number of H-pyrrole nitrogens is 1. The van der Waals surface area contributed by atoms with Gasteiger partial charge in [0.1, 0.15) is 5.75 Å². The summed E-state index contributed by atoms with van der Waals surface area (Å²) in [5.74, 6) is 1.52. The topological polar surface area (TPSA) is 61.5 Å². The second-order valence-electron chi connectivity index (χ2n) is 6.96. The van der Waals surface area contributed by atoms with Gasteiger partial charge in [0.15, 0.2) is 5.69 Å². The van der Waals surface area contributed by atoms with Crippen molar-refractivity contribution in [1.29, 1.82) is 0 Å². The number of carbonyl (C=O) groups is 1. The van der Waals surface area contributed by atoms with Crippen LogP contribution in [0, 0.1) is 5.92 Å². The van der Waals surface area contributed by atoms with E-state index in [0.29, 0.717) is 23.7 Å². The van der Waals surface area contributed by atoms with Crippen molar-refractivity contribution in [3.05, 3.63) is 23.9 Å². The number of ether oxygens (including phenoxy) is 1. The lowest BCUT2D eigenvalue weighted by molar-refractivity contribution is 0.0258. The fourth-order valence-electron chi connectivity index (χ4n) is 4.72. The number of piperidine rings is 1. The molecule has 4 heterocycles. The third-order valence-electron chi connectivity index (χ3n) is 5.81. The van der Waals surface area contributed by atoms with Gasteiger partial charge in [-0.15, -0.1) is 0 Å². The van der Waals surface area contributed by atoms with Crippen LogP contribution in [0.25, 0.3) is 10.9 Å². The summed E-state index contributed by atoms with van der Waals surface area (Å²) in [6, 6.07) is 6.43. The van der Waals surface area contributed by atoms with Gasteiger partial charge >= 0.3 is 0 Å². The highest BCUT2D eigenvalue weighted by Gasteiger charge is 2.51. The van der Waals surface area contributed by atoms with Gasteiger partial charge in [-0.25, -0.2) is 0 Å². The first-order chi connectivity index (χ1) is 11.2. The van der Waals surface area contributed by atoms with E-state index in [4.69, 9.17) is 4.74 Å². The summed E-state index contributed by atoms with van der Waals surface area (Å²) in [7, 11) is 1.64. The lowest BCUT2D eigenvalue weighted by atomic mass is 9.93. The molecule has 5 rings (SSSR count). The van der Waals surface area contributed by atoms with Crippen molar-refractivity contribution in [2.24, 2.45) is 5.92 Å². The average Bonchev–Trinajstić information content (AvgIpc) is 3.02. The minimum atomic E-state index is 0.0838. The van der Waals surface area contributed by atoms with Crippen molar-refractivity contribution in [3.63, 3.8) is 0 Å². The first-order valence-corrected chi connectivity index (χ1v) is 8.32. The van der Waals surface area contributed by atoms with Crippen LogP contribution in [0.15, 0.2) is 18.2 Å². The Morgan fingerprint density at radius 1 is 1.39 bits per heavy atom. The first kappa shape index (κ1) is 13.4. The Balaban J connectivity index is 1.52. The Labute approximate surface area is 134 Å². The zero-order valence-electron chi connectivity index (χ0n) is 13.2. The first-order valence-electron chi connectivity index (χ1n) is 8.32. The van der Waals surface area contributed by atoms with Crippen LogP contribution in [0.1, 0.15) is 23.3 Å². The van der Waals surface area contributed by atoms with Crippen molar-refractivity contribution >= 4 is 16.8 Å². The third-order valence-corrected chi connectivity index (χ3v) is 5.81. The van der Waals surface area contributed by atoms with Crippen LogP contribution in [0.5, 0.6) is 5.75 Å². The van der Waals surface area contributed by atoms with Gasteiger partial charge in [-0.05, 0) is 37.4 Å². The molecule has 120 valence electrons. The number of methoxy groups -OCH3 is 1. The molecule has 0 aliphatic carbocycles. The minimum Gasteiger partial charge on any atom is -0.497 e. The fourth-order valence-corrected chi connectivity index (χ4v) is 4.72. The molecule has 1 N–H and O–H groups in total. The maximum Gasteiger partial charge on any atom is 0.275 e. The summed E-state index contributed by atoms with van der Waals surface area (Å²) >= 11 is 0. The number of benzene rings is 1. The Morgan fingerprint density at radius 2 is 2.30 bits per heavy atom. The van der Waals surface area contributed by atoms with Crippen LogP contribution in [0.4, 0.5) is 0 Å². The molecule has 0 saturated carbocycles. The molecule has 2 aromatic rings. The number of aromatic amines is 1. The molecule has 4 unspecified atom stereocenters. The number of nitrogens with one attached hydrogen (secondary N) is 1. The largest absolute Gasteiger partial charge is 0.497 e. The molecule has 1 aromatic heterocycles. The van der Waals surface area contributed by atoms with E-state index in [1.54, 1.807) is 7.11 Å². The van der Waals surface area contributed by atoms with Crippen LogP contribution in [0.3, 0.4) is 0 Å². The molecule has 1 amide bonds. The van der Waals surface area contributed by atoms with Crippen LogP contribution in [-0.4, -0.2) is 64.7 Å².